The van der Waals surface area contributed by atoms with Gasteiger partial charge in [0, 0.05) is 27.2 Å². The van der Waals surface area contributed by atoms with Gasteiger partial charge in [0.25, 0.3) is 0 Å². The first-order valence-corrected chi connectivity index (χ1v) is 14.9. The van der Waals surface area contributed by atoms with E-state index in [0.29, 0.717) is 11.8 Å². The van der Waals surface area contributed by atoms with Crippen molar-refractivity contribution in [1.29, 1.82) is 0 Å². The molecule has 0 bridgehead atoms. The van der Waals surface area contributed by atoms with Crippen LogP contribution in [0.5, 0.6) is 0 Å². The van der Waals surface area contributed by atoms with Gasteiger partial charge in [0.1, 0.15) is 13.2 Å². The highest BCUT2D eigenvalue weighted by molar-refractivity contribution is 5.79. The zero-order valence-electron chi connectivity index (χ0n) is 24.4. The van der Waals surface area contributed by atoms with Crippen LogP contribution in [0.1, 0.15) is 130 Å². The van der Waals surface area contributed by atoms with Gasteiger partial charge in [0.05, 0.1) is 0 Å². The standard InChI is InChI=1S/C30H60N2O3/c1-7-11-15-17-21-27(19-13-9-3)23-31(5)29(33)25-35-26-30(34)32(6)24-28(20-14-10-4)22-18-16-12-8-2/h27-28H,7-26H2,1-6H3. The minimum atomic E-state index is -0.0211. The molecule has 35 heavy (non-hydrogen) atoms. The molecule has 0 aromatic carbocycles. The lowest BCUT2D eigenvalue weighted by Crippen LogP contribution is -2.37. The largest absolute Gasteiger partial charge is 0.362 e. The zero-order valence-corrected chi connectivity index (χ0v) is 24.4. The average molecular weight is 497 g/mol. The number of nitrogens with zero attached hydrogens (tertiary/aromatic N) is 2. The molecule has 0 spiro atoms. The predicted molar refractivity (Wildman–Crippen MR) is 150 cm³/mol. The quantitative estimate of drug-likeness (QED) is 0.130. The lowest BCUT2D eigenvalue weighted by atomic mass is 9.94. The number of ether oxygens (including phenoxy) is 1. The Bertz CT molecular complexity index is 468. The van der Waals surface area contributed by atoms with Crippen molar-refractivity contribution in [3.63, 3.8) is 0 Å². The Morgan fingerprint density at radius 1 is 0.543 bits per heavy atom. The molecule has 0 heterocycles. The first-order valence-electron chi connectivity index (χ1n) is 14.9. The first kappa shape index (κ1) is 33.9. The van der Waals surface area contributed by atoms with Gasteiger partial charge in [0.2, 0.25) is 11.8 Å². The van der Waals surface area contributed by atoms with Gasteiger partial charge in [-0.05, 0) is 37.5 Å². The van der Waals surface area contributed by atoms with E-state index in [-0.39, 0.29) is 25.0 Å². The normalized spacial score (nSPS) is 13.0. The molecule has 0 aliphatic carbocycles. The maximum atomic E-state index is 12.6. The second kappa shape index (κ2) is 23.3. The van der Waals surface area contributed by atoms with Crippen molar-refractivity contribution in [2.75, 3.05) is 40.4 Å². The van der Waals surface area contributed by atoms with Crippen LogP contribution in [0, 0.1) is 11.8 Å². The smallest absolute Gasteiger partial charge is 0.248 e. The van der Waals surface area contributed by atoms with Gasteiger partial charge in [-0.2, -0.15) is 0 Å². The van der Waals surface area contributed by atoms with Crippen LogP contribution < -0.4 is 0 Å². The molecular formula is C30H60N2O3. The highest BCUT2D eigenvalue weighted by Gasteiger charge is 2.18. The minimum absolute atomic E-state index is 0.0112. The molecule has 2 atom stereocenters. The fraction of sp³-hybridized carbons (Fsp3) is 0.933. The summed E-state index contributed by atoms with van der Waals surface area (Å²) in [6, 6.07) is 0. The fourth-order valence-corrected chi connectivity index (χ4v) is 4.78. The third kappa shape index (κ3) is 18.8. The number of unbranched alkanes of at least 4 members (excludes halogenated alkanes) is 8. The Hall–Kier alpha value is -1.10. The van der Waals surface area contributed by atoms with Crippen LogP contribution in [-0.2, 0) is 14.3 Å². The van der Waals surface area contributed by atoms with Crippen molar-refractivity contribution in [3.05, 3.63) is 0 Å². The number of hydrogen-bond donors (Lipinski definition) is 0. The first-order chi connectivity index (χ1) is 16.9. The minimum Gasteiger partial charge on any atom is -0.362 e. The Morgan fingerprint density at radius 2 is 0.886 bits per heavy atom. The van der Waals surface area contributed by atoms with Gasteiger partial charge in [-0.25, -0.2) is 0 Å². The van der Waals surface area contributed by atoms with E-state index in [1.807, 2.05) is 23.9 Å². The van der Waals surface area contributed by atoms with E-state index in [1.54, 1.807) is 0 Å². The molecule has 0 N–H and O–H groups in total. The molecule has 0 aliphatic heterocycles. The van der Waals surface area contributed by atoms with Gasteiger partial charge in [-0.1, -0.05) is 105 Å². The van der Waals surface area contributed by atoms with E-state index in [9.17, 15) is 9.59 Å². The van der Waals surface area contributed by atoms with E-state index in [2.05, 4.69) is 27.7 Å². The Morgan fingerprint density at radius 3 is 1.23 bits per heavy atom. The maximum Gasteiger partial charge on any atom is 0.248 e. The molecule has 0 radical (unpaired) electrons. The summed E-state index contributed by atoms with van der Waals surface area (Å²) < 4.78 is 5.57. The van der Waals surface area contributed by atoms with Crippen LogP contribution in [0.4, 0.5) is 0 Å². The van der Waals surface area contributed by atoms with E-state index in [4.69, 9.17) is 4.74 Å². The molecule has 0 fully saturated rings. The van der Waals surface area contributed by atoms with Crippen molar-refractivity contribution in [2.24, 2.45) is 11.8 Å². The molecule has 2 amide bonds. The van der Waals surface area contributed by atoms with E-state index >= 15 is 0 Å². The van der Waals surface area contributed by atoms with Gasteiger partial charge >= 0.3 is 0 Å². The van der Waals surface area contributed by atoms with E-state index < -0.39 is 0 Å². The summed E-state index contributed by atoms with van der Waals surface area (Å²) in [4.78, 5) is 28.9. The molecule has 0 saturated heterocycles. The van der Waals surface area contributed by atoms with Crippen molar-refractivity contribution in [2.45, 2.75) is 130 Å². The number of carbonyl (C=O) groups is 2. The van der Waals surface area contributed by atoms with Crippen LogP contribution in [0.3, 0.4) is 0 Å². The lowest BCUT2D eigenvalue weighted by Gasteiger charge is -2.25. The van der Waals surface area contributed by atoms with E-state index in [0.717, 1.165) is 13.1 Å². The topological polar surface area (TPSA) is 49.9 Å². The van der Waals surface area contributed by atoms with Crippen LogP contribution in [0.2, 0.25) is 0 Å². The third-order valence-corrected chi connectivity index (χ3v) is 7.23. The predicted octanol–water partition coefficient (Wildman–Crippen LogP) is 7.47. The summed E-state index contributed by atoms with van der Waals surface area (Å²) in [7, 11) is 3.75. The summed E-state index contributed by atoms with van der Waals surface area (Å²) in [6.45, 7) is 10.5. The summed E-state index contributed by atoms with van der Waals surface area (Å²) in [6.07, 6.45) is 19.7. The summed E-state index contributed by atoms with van der Waals surface area (Å²) in [5.74, 6) is 1.08. The van der Waals surface area contributed by atoms with Gasteiger partial charge in [-0.3, -0.25) is 9.59 Å². The van der Waals surface area contributed by atoms with Crippen LogP contribution in [0.25, 0.3) is 0 Å². The van der Waals surface area contributed by atoms with Crippen LogP contribution in [-0.4, -0.2) is 62.0 Å². The average Bonchev–Trinajstić information content (AvgIpc) is 2.85. The summed E-state index contributed by atoms with van der Waals surface area (Å²) in [5, 5.41) is 0. The molecule has 2 unspecified atom stereocenters. The second-order valence-corrected chi connectivity index (χ2v) is 10.8. The molecule has 5 nitrogen and oxygen atoms in total. The molecule has 5 heteroatoms. The summed E-state index contributed by atoms with van der Waals surface area (Å²) >= 11 is 0. The number of hydrogen-bond acceptors (Lipinski definition) is 3. The lowest BCUT2D eigenvalue weighted by molar-refractivity contribution is -0.141. The zero-order chi connectivity index (χ0) is 26.3. The summed E-state index contributed by atoms with van der Waals surface area (Å²) in [5.41, 5.74) is 0. The highest BCUT2D eigenvalue weighted by Crippen LogP contribution is 2.20. The van der Waals surface area contributed by atoms with Crippen LogP contribution >= 0.6 is 0 Å². The van der Waals surface area contributed by atoms with Crippen molar-refractivity contribution in [1.82, 2.24) is 9.80 Å². The van der Waals surface area contributed by atoms with Gasteiger partial charge < -0.3 is 14.5 Å². The SMILES string of the molecule is CCCCCCC(CCCC)CN(C)C(=O)COCC(=O)N(C)CC(CCCC)CCCCCC. The molecule has 208 valence electrons. The number of rotatable bonds is 24. The number of amides is 2. The number of likely N-dealkylation sites (N-methyl/N-ethyl adjacent to an activating group) is 2. The fourth-order valence-electron chi connectivity index (χ4n) is 4.78. The molecular weight excluding hydrogens is 436 g/mol. The Balaban J connectivity index is 4.42. The Labute approximate surface area is 218 Å². The molecule has 0 aliphatic rings. The van der Waals surface area contributed by atoms with E-state index in [1.165, 1.54) is 103 Å². The van der Waals surface area contributed by atoms with Gasteiger partial charge in [-0.15, -0.1) is 0 Å². The monoisotopic (exact) mass is 496 g/mol. The second-order valence-electron chi connectivity index (χ2n) is 10.8. The Kier molecular flexibility index (Phi) is 22.6. The molecule has 0 saturated carbocycles. The maximum absolute atomic E-state index is 12.6. The number of carbonyl (C=O) groups excluding carboxylic acids is 2. The highest BCUT2D eigenvalue weighted by atomic mass is 16.5. The molecule has 0 aromatic heterocycles. The van der Waals surface area contributed by atoms with Crippen molar-refractivity contribution in [3.8, 4) is 0 Å². The van der Waals surface area contributed by atoms with Crippen molar-refractivity contribution >= 4 is 11.8 Å². The van der Waals surface area contributed by atoms with Gasteiger partial charge in [0.15, 0.2) is 0 Å². The third-order valence-electron chi connectivity index (χ3n) is 7.23. The van der Waals surface area contributed by atoms with Crippen molar-refractivity contribution < 1.29 is 14.3 Å². The molecule has 0 rings (SSSR count). The van der Waals surface area contributed by atoms with Crippen LogP contribution in [0.15, 0.2) is 0 Å². The molecule has 0 aromatic rings.